The summed E-state index contributed by atoms with van der Waals surface area (Å²) in [5, 5.41) is 9.28. The number of amides is 2. The number of carbonyl (C=O) groups excluding carboxylic acids is 2. The fourth-order valence-electron chi connectivity index (χ4n) is 1.72. The fourth-order valence-corrected chi connectivity index (χ4v) is 2.74. The molecule has 0 spiro atoms. The van der Waals surface area contributed by atoms with Crippen molar-refractivity contribution in [2.75, 3.05) is 11.9 Å². The second-order valence-electron chi connectivity index (χ2n) is 4.40. The van der Waals surface area contributed by atoms with Crippen molar-refractivity contribution >= 4 is 44.8 Å². The molecule has 2 amide bonds. The van der Waals surface area contributed by atoms with Gasteiger partial charge in [-0.15, -0.1) is 0 Å². The molecule has 1 aromatic heterocycles. The van der Waals surface area contributed by atoms with Gasteiger partial charge in [-0.2, -0.15) is 11.3 Å². The van der Waals surface area contributed by atoms with E-state index in [-0.39, 0.29) is 11.8 Å². The van der Waals surface area contributed by atoms with Crippen LogP contribution >= 0.6 is 27.3 Å². The SMILES string of the molecule is O=C(CCCNC(=O)c1ccsc1)Nc1ccccc1Br. The number of halogens is 1. The molecule has 0 radical (unpaired) electrons. The van der Waals surface area contributed by atoms with Gasteiger partial charge in [0.1, 0.15) is 0 Å². The molecule has 2 N–H and O–H groups in total. The minimum Gasteiger partial charge on any atom is -0.352 e. The van der Waals surface area contributed by atoms with Gasteiger partial charge in [0, 0.05) is 28.4 Å². The van der Waals surface area contributed by atoms with Crippen molar-refractivity contribution in [1.82, 2.24) is 5.32 Å². The summed E-state index contributed by atoms with van der Waals surface area (Å²) in [5.74, 6) is -0.158. The first-order valence-corrected chi connectivity index (χ1v) is 8.25. The van der Waals surface area contributed by atoms with Gasteiger partial charge in [0.05, 0.1) is 5.69 Å². The number of nitrogens with one attached hydrogen (secondary N) is 2. The average Bonchev–Trinajstić information content (AvgIpc) is 3.00. The molecule has 0 aliphatic heterocycles. The Kier molecular flexibility index (Phi) is 5.95. The Bertz CT molecular complexity index is 614. The van der Waals surface area contributed by atoms with E-state index < -0.39 is 0 Å². The van der Waals surface area contributed by atoms with E-state index in [0.717, 1.165) is 10.2 Å². The molecule has 6 heteroatoms. The number of anilines is 1. The van der Waals surface area contributed by atoms with Gasteiger partial charge in [-0.05, 0) is 45.9 Å². The molecule has 0 saturated carbocycles. The van der Waals surface area contributed by atoms with Crippen molar-refractivity contribution in [3.63, 3.8) is 0 Å². The average molecular weight is 367 g/mol. The Labute approximate surface area is 135 Å². The summed E-state index contributed by atoms with van der Waals surface area (Å²) in [4.78, 5) is 23.5. The predicted molar refractivity (Wildman–Crippen MR) is 88.7 cm³/mol. The van der Waals surface area contributed by atoms with Gasteiger partial charge >= 0.3 is 0 Å². The molecule has 1 heterocycles. The molecular formula is C15H15BrN2O2S. The van der Waals surface area contributed by atoms with Crippen molar-refractivity contribution in [3.05, 3.63) is 51.1 Å². The van der Waals surface area contributed by atoms with E-state index in [0.29, 0.717) is 24.9 Å². The van der Waals surface area contributed by atoms with E-state index >= 15 is 0 Å². The van der Waals surface area contributed by atoms with Crippen LogP contribution in [0.15, 0.2) is 45.6 Å². The van der Waals surface area contributed by atoms with Crippen molar-refractivity contribution in [3.8, 4) is 0 Å². The van der Waals surface area contributed by atoms with Crippen LogP contribution in [-0.4, -0.2) is 18.4 Å². The Hall–Kier alpha value is -1.66. The Morgan fingerprint density at radius 3 is 2.71 bits per heavy atom. The van der Waals surface area contributed by atoms with E-state index in [9.17, 15) is 9.59 Å². The summed E-state index contributed by atoms with van der Waals surface area (Å²) >= 11 is 4.86. The smallest absolute Gasteiger partial charge is 0.252 e. The number of hydrogen-bond donors (Lipinski definition) is 2. The third kappa shape index (κ3) is 4.99. The van der Waals surface area contributed by atoms with Gasteiger partial charge < -0.3 is 10.6 Å². The number of hydrogen-bond acceptors (Lipinski definition) is 3. The van der Waals surface area contributed by atoms with E-state index in [1.165, 1.54) is 11.3 Å². The Balaban J connectivity index is 1.68. The highest BCUT2D eigenvalue weighted by atomic mass is 79.9. The monoisotopic (exact) mass is 366 g/mol. The molecule has 0 bridgehead atoms. The maximum atomic E-state index is 11.8. The lowest BCUT2D eigenvalue weighted by Crippen LogP contribution is -2.25. The minimum absolute atomic E-state index is 0.0633. The van der Waals surface area contributed by atoms with E-state index in [1.54, 1.807) is 11.4 Å². The largest absolute Gasteiger partial charge is 0.352 e. The van der Waals surface area contributed by atoms with Gasteiger partial charge in [0.15, 0.2) is 0 Å². The molecule has 0 aliphatic rings. The van der Waals surface area contributed by atoms with E-state index in [2.05, 4.69) is 26.6 Å². The van der Waals surface area contributed by atoms with Crippen LogP contribution < -0.4 is 10.6 Å². The molecule has 0 atom stereocenters. The van der Waals surface area contributed by atoms with Crippen molar-refractivity contribution < 1.29 is 9.59 Å². The molecule has 0 aliphatic carbocycles. The van der Waals surface area contributed by atoms with Gasteiger partial charge in [0.25, 0.3) is 5.91 Å². The standard InChI is InChI=1S/C15H15BrN2O2S/c16-12-4-1-2-5-13(12)18-14(19)6-3-8-17-15(20)11-7-9-21-10-11/h1-2,4-5,7,9-10H,3,6,8H2,(H,17,20)(H,18,19). The molecule has 0 unspecified atom stereocenters. The van der Waals surface area contributed by atoms with Gasteiger partial charge in [-0.1, -0.05) is 12.1 Å². The van der Waals surface area contributed by atoms with Gasteiger partial charge in [0.2, 0.25) is 5.91 Å². The molecule has 1 aromatic carbocycles. The van der Waals surface area contributed by atoms with Crippen molar-refractivity contribution in [2.24, 2.45) is 0 Å². The van der Waals surface area contributed by atoms with Crippen LogP contribution in [0.4, 0.5) is 5.69 Å². The van der Waals surface area contributed by atoms with Gasteiger partial charge in [-0.25, -0.2) is 0 Å². The number of rotatable bonds is 6. The van der Waals surface area contributed by atoms with Crippen LogP contribution in [0.3, 0.4) is 0 Å². The first-order valence-electron chi connectivity index (χ1n) is 6.51. The quantitative estimate of drug-likeness (QED) is 0.766. The first-order chi connectivity index (χ1) is 10.2. The third-order valence-electron chi connectivity index (χ3n) is 2.80. The summed E-state index contributed by atoms with van der Waals surface area (Å²) in [5.41, 5.74) is 1.42. The summed E-state index contributed by atoms with van der Waals surface area (Å²) in [6.45, 7) is 0.484. The maximum absolute atomic E-state index is 11.8. The number of benzene rings is 1. The Morgan fingerprint density at radius 1 is 1.19 bits per heavy atom. The topological polar surface area (TPSA) is 58.2 Å². The molecule has 2 aromatic rings. The van der Waals surface area contributed by atoms with Crippen molar-refractivity contribution in [1.29, 1.82) is 0 Å². The lowest BCUT2D eigenvalue weighted by atomic mass is 10.2. The molecule has 21 heavy (non-hydrogen) atoms. The van der Waals surface area contributed by atoms with Crippen LogP contribution in [0.5, 0.6) is 0 Å². The molecule has 0 saturated heterocycles. The molecule has 2 rings (SSSR count). The van der Waals surface area contributed by atoms with Crippen LogP contribution in [-0.2, 0) is 4.79 Å². The second kappa shape index (κ2) is 7.95. The number of carbonyl (C=O) groups is 2. The Morgan fingerprint density at radius 2 is 2.00 bits per heavy atom. The summed E-state index contributed by atoms with van der Waals surface area (Å²) in [7, 11) is 0. The first kappa shape index (κ1) is 15.7. The fraction of sp³-hybridized carbons (Fsp3) is 0.200. The second-order valence-corrected chi connectivity index (χ2v) is 6.03. The highest BCUT2D eigenvalue weighted by Gasteiger charge is 2.07. The van der Waals surface area contributed by atoms with Crippen LogP contribution in [0.1, 0.15) is 23.2 Å². The third-order valence-corrected chi connectivity index (χ3v) is 4.17. The molecule has 110 valence electrons. The van der Waals surface area contributed by atoms with E-state index in [1.807, 2.05) is 29.6 Å². The highest BCUT2D eigenvalue weighted by molar-refractivity contribution is 9.10. The zero-order valence-corrected chi connectivity index (χ0v) is 13.7. The number of para-hydroxylation sites is 1. The zero-order valence-electron chi connectivity index (χ0n) is 11.3. The highest BCUT2D eigenvalue weighted by Crippen LogP contribution is 2.21. The lowest BCUT2D eigenvalue weighted by Gasteiger charge is -2.07. The van der Waals surface area contributed by atoms with Crippen LogP contribution in [0.2, 0.25) is 0 Å². The summed E-state index contributed by atoms with van der Waals surface area (Å²) in [6, 6.07) is 9.23. The minimum atomic E-state index is -0.0949. The molecular weight excluding hydrogens is 352 g/mol. The predicted octanol–water partition coefficient (Wildman–Crippen LogP) is 3.66. The lowest BCUT2D eigenvalue weighted by molar-refractivity contribution is -0.116. The zero-order chi connectivity index (χ0) is 15.1. The van der Waals surface area contributed by atoms with Gasteiger partial charge in [-0.3, -0.25) is 9.59 Å². The summed E-state index contributed by atoms with van der Waals surface area (Å²) in [6.07, 6.45) is 0.970. The van der Waals surface area contributed by atoms with Crippen LogP contribution in [0.25, 0.3) is 0 Å². The normalized spacial score (nSPS) is 10.1. The molecule has 0 fully saturated rings. The van der Waals surface area contributed by atoms with Crippen molar-refractivity contribution in [2.45, 2.75) is 12.8 Å². The summed E-state index contributed by atoms with van der Waals surface area (Å²) < 4.78 is 0.851. The maximum Gasteiger partial charge on any atom is 0.252 e. The molecule has 4 nitrogen and oxygen atoms in total. The van der Waals surface area contributed by atoms with Crippen LogP contribution in [0, 0.1) is 0 Å². The van der Waals surface area contributed by atoms with E-state index in [4.69, 9.17) is 0 Å². The number of thiophene rings is 1.